The standard InChI is InChI=1S/C16H15FN2O2/c17-14-3-1-12(2-4-14)15-11-19(9-10-21-15)16(20)13-5-7-18-8-6-13/h1-8,15H,9-11H2/t15-/m1/s1. The third-order valence-electron chi connectivity index (χ3n) is 3.52. The molecule has 1 aliphatic heterocycles. The van der Waals surface area contributed by atoms with Crippen LogP contribution >= 0.6 is 0 Å². The van der Waals surface area contributed by atoms with Gasteiger partial charge in [-0.3, -0.25) is 9.78 Å². The molecule has 2 heterocycles. The van der Waals surface area contributed by atoms with Crippen LogP contribution in [-0.2, 0) is 4.74 Å². The number of nitrogens with zero attached hydrogens (tertiary/aromatic N) is 2. The summed E-state index contributed by atoms with van der Waals surface area (Å²) < 4.78 is 18.7. The molecule has 1 atom stereocenters. The molecule has 1 aromatic carbocycles. The molecule has 0 N–H and O–H groups in total. The van der Waals surface area contributed by atoms with Gasteiger partial charge < -0.3 is 9.64 Å². The topological polar surface area (TPSA) is 42.4 Å². The second kappa shape index (κ2) is 6.01. The number of hydrogen-bond acceptors (Lipinski definition) is 3. The van der Waals surface area contributed by atoms with Crippen molar-refractivity contribution in [2.75, 3.05) is 19.7 Å². The van der Waals surface area contributed by atoms with Gasteiger partial charge in [-0.05, 0) is 29.8 Å². The highest BCUT2D eigenvalue weighted by atomic mass is 19.1. The van der Waals surface area contributed by atoms with Crippen molar-refractivity contribution in [3.63, 3.8) is 0 Å². The van der Waals surface area contributed by atoms with Gasteiger partial charge in [0.25, 0.3) is 5.91 Å². The Morgan fingerprint density at radius 1 is 1.19 bits per heavy atom. The number of carbonyl (C=O) groups excluding carboxylic acids is 1. The van der Waals surface area contributed by atoms with E-state index in [1.54, 1.807) is 41.6 Å². The molecule has 4 nitrogen and oxygen atoms in total. The zero-order valence-electron chi connectivity index (χ0n) is 11.4. The van der Waals surface area contributed by atoms with Gasteiger partial charge in [0.1, 0.15) is 11.9 Å². The van der Waals surface area contributed by atoms with E-state index in [9.17, 15) is 9.18 Å². The molecule has 2 aromatic rings. The fourth-order valence-electron chi connectivity index (χ4n) is 2.39. The molecule has 5 heteroatoms. The summed E-state index contributed by atoms with van der Waals surface area (Å²) >= 11 is 0. The average Bonchev–Trinajstić information content (AvgIpc) is 2.56. The first-order valence-electron chi connectivity index (χ1n) is 6.80. The van der Waals surface area contributed by atoms with E-state index in [2.05, 4.69) is 4.98 Å². The van der Waals surface area contributed by atoms with Gasteiger partial charge in [0.15, 0.2) is 0 Å². The van der Waals surface area contributed by atoms with Crippen LogP contribution in [0.25, 0.3) is 0 Å². The summed E-state index contributed by atoms with van der Waals surface area (Å²) in [5.41, 5.74) is 1.49. The first-order chi connectivity index (χ1) is 10.2. The number of amides is 1. The minimum atomic E-state index is -0.278. The van der Waals surface area contributed by atoms with E-state index in [1.807, 2.05) is 0 Å². The fourth-order valence-corrected chi connectivity index (χ4v) is 2.39. The van der Waals surface area contributed by atoms with Gasteiger partial charge in [0.2, 0.25) is 0 Å². The number of hydrogen-bond donors (Lipinski definition) is 0. The lowest BCUT2D eigenvalue weighted by atomic mass is 10.1. The second-order valence-corrected chi connectivity index (χ2v) is 4.90. The Labute approximate surface area is 122 Å². The van der Waals surface area contributed by atoms with Crippen LogP contribution in [0, 0.1) is 5.82 Å². The van der Waals surface area contributed by atoms with E-state index in [1.165, 1.54) is 12.1 Å². The maximum atomic E-state index is 13.0. The van der Waals surface area contributed by atoms with Crippen molar-refractivity contribution in [1.82, 2.24) is 9.88 Å². The number of rotatable bonds is 2. The minimum Gasteiger partial charge on any atom is -0.370 e. The molecule has 0 unspecified atom stereocenters. The van der Waals surface area contributed by atoms with Gasteiger partial charge >= 0.3 is 0 Å². The lowest BCUT2D eigenvalue weighted by molar-refractivity contribution is -0.0228. The maximum absolute atomic E-state index is 13.0. The summed E-state index contributed by atoms with van der Waals surface area (Å²) in [6.07, 6.45) is 2.99. The zero-order chi connectivity index (χ0) is 14.7. The number of aromatic nitrogens is 1. The molecule has 0 radical (unpaired) electrons. The summed E-state index contributed by atoms with van der Waals surface area (Å²) in [6.45, 7) is 1.49. The van der Waals surface area contributed by atoms with Gasteiger partial charge in [-0.2, -0.15) is 0 Å². The fraction of sp³-hybridized carbons (Fsp3) is 0.250. The molecule has 3 rings (SSSR count). The highest BCUT2D eigenvalue weighted by Gasteiger charge is 2.26. The van der Waals surface area contributed by atoms with Crippen molar-refractivity contribution in [3.8, 4) is 0 Å². The number of ether oxygens (including phenoxy) is 1. The first kappa shape index (κ1) is 13.7. The SMILES string of the molecule is O=C(c1ccncc1)N1CCO[C@@H](c2ccc(F)cc2)C1. The Kier molecular flexibility index (Phi) is 3.92. The van der Waals surface area contributed by atoms with Crippen molar-refractivity contribution >= 4 is 5.91 Å². The Bertz CT molecular complexity index is 616. The minimum absolute atomic E-state index is 0.0344. The smallest absolute Gasteiger partial charge is 0.254 e. The quantitative estimate of drug-likeness (QED) is 0.851. The van der Waals surface area contributed by atoms with Crippen molar-refractivity contribution < 1.29 is 13.9 Å². The predicted octanol–water partition coefficient (Wildman–Crippen LogP) is 2.43. The summed E-state index contributed by atoms with van der Waals surface area (Å²) in [6, 6.07) is 9.60. The summed E-state index contributed by atoms with van der Waals surface area (Å²) in [5, 5.41) is 0. The third-order valence-corrected chi connectivity index (χ3v) is 3.52. The monoisotopic (exact) mass is 286 g/mol. The first-order valence-corrected chi connectivity index (χ1v) is 6.80. The van der Waals surface area contributed by atoms with Gasteiger partial charge in [-0.1, -0.05) is 12.1 Å². The van der Waals surface area contributed by atoms with Crippen molar-refractivity contribution in [1.29, 1.82) is 0 Å². The van der Waals surface area contributed by atoms with E-state index >= 15 is 0 Å². The number of pyridine rings is 1. The molecule has 1 amide bonds. The van der Waals surface area contributed by atoms with Crippen LogP contribution in [0.2, 0.25) is 0 Å². The molecule has 21 heavy (non-hydrogen) atoms. The molecular formula is C16H15FN2O2. The van der Waals surface area contributed by atoms with Crippen LogP contribution in [0.5, 0.6) is 0 Å². The van der Waals surface area contributed by atoms with E-state index < -0.39 is 0 Å². The molecule has 0 saturated carbocycles. The van der Waals surface area contributed by atoms with Crippen LogP contribution in [-0.4, -0.2) is 35.5 Å². The normalized spacial score (nSPS) is 18.5. The van der Waals surface area contributed by atoms with Gasteiger partial charge in [0, 0.05) is 24.5 Å². The highest BCUT2D eigenvalue weighted by molar-refractivity contribution is 5.94. The molecule has 1 aliphatic rings. The van der Waals surface area contributed by atoms with Crippen LogP contribution in [0.4, 0.5) is 4.39 Å². The zero-order valence-corrected chi connectivity index (χ0v) is 11.4. The molecular weight excluding hydrogens is 271 g/mol. The molecule has 1 saturated heterocycles. The number of carbonyl (C=O) groups is 1. The Hall–Kier alpha value is -2.27. The predicted molar refractivity (Wildman–Crippen MR) is 75.2 cm³/mol. The molecule has 1 aromatic heterocycles. The molecule has 0 spiro atoms. The Morgan fingerprint density at radius 3 is 2.62 bits per heavy atom. The van der Waals surface area contributed by atoms with E-state index in [4.69, 9.17) is 4.74 Å². The number of morpholine rings is 1. The van der Waals surface area contributed by atoms with Crippen molar-refractivity contribution in [2.24, 2.45) is 0 Å². The lowest BCUT2D eigenvalue weighted by Gasteiger charge is -2.33. The molecule has 0 aliphatic carbocycles. The Balaban J connectivity index is 1.74. The van der Waals surface area contributed by atoms with Crippen LogP contribution < -0.4 is 0 Å². The molecule has 1 fully saturated rings. The third kappa shape index (κ3) is 3.08. The second-order valence-electron chi connectivity index (χ2n) is 4.90. The van der Waals surface area contributed by atoms with Gasteiger partial charge in [0.05, 0.1) is 13.2 Å². The Morgan fingerprint density at radius 2 is 1.90 bits per heavy atom. The molecule has 0 bridgehead atoms. The van der Waals surface area contributed by atoms with Crippen LogP contribution in [0.3, 0.4) is 0 Å². The number of halogens is 1. The van der Waals surface area contributed by atoms with Crippen LogP contribution in [0.15, 0.2) is 48.8 Å². The van der Waals surface area contributed by atoms with Gasteiger partial charge in [-0.15, -0.1) is 0 Å². The molecule has 108 valence electrons. The summed E-state index contributed by atoms with van der Waals surface area (Å²) in [7, 11) is 0. The van der Waals surface area contributed by atoms with Crippen molar-refractivity contribution in [3.05, 3.63) is 65.7 Å². The van der Waals surface area contributed by atoms with E-state index in [0.29, 0.717) is 25.3 Å². The summed E-state index contributed by atoms with van der Waals surface area (Å²) in [4.78, 5) is 18.1. The largest absolute Gasteiger partial charge is 0.370 e. The number of benzene rings is 1. The summed E-state index contributed by atoms with van der Waals surface area (Å²) in [5.74, 6) is -0.313. The lowest BCUT2D eigenvalue weighted by Crippen LogP contribution is -2.42. The maximum Gasteiger partial charge on any atom is 0.254 e. The average molecular weight is 286 g/mol. The van der Waals surface area contributed by atoms with Crippen molar-refractivity contribution in [2.45, 2.75) is 6.10 Å². The highest BCUT2D eigenvalue weighted by Crippen LogP contribution is 2.23. The van der Waals surface area contributed by atoms with E-state index in [0.717, 1.165) is 5.56 Å². The van der Waals surface area contributed by atoms with Gasteiger partial charge in [-0.25, -0.2) is 4.39 Å². The van der Waals surface area contributed by atoms with E-state index in [-0.39, 0.29) is 17.8 Å². The van der Waals surface area contributed by atoms with Crippen LogP contribution in [0.1, 0.15) is 22.0 Å².